The summed E-state index contributed by atoms with van der Waals surface area (Å²) in [5.41, 5.74) is 4.23. The molecule has 0 N–H and O–H groups in total. The minimum atomic E-state index is -0.182. The maximum Gasteiger partial charge on any atom is 1.00 e. The summed E-state index contributed by atoms with van der Waals surface area (Å²) in [5.74, 6) is 1.83. The van der Waals surface area contributed by atoms with Gasteiger partial charge in [0.25, 0.3) is 0 Å². The Hall–Kier alpha value is 0.106. The van der Waals surface area contributed by atoms with Gasteiger partial charge in [-0.2, -0.15) is 0 Å². The van der Waals surface area contributed by atoms with E-state index in [4.69, 9.17) is 9.47 Å². The molecule has 0 spiro atoms. The molecule has 4 heteroatoms. The van der Waals surface area contributed by atoms with Crippen LogP contribution in [0.5, 0.6) is 11.5 Å². The number of hydrogen-bond acceptors (Lipinski definition) is 2. The monoisotopic (exact) mass is 450 g/mol. The third-order valence-corrected chi connectivity index (χ3v) is 10.4. The Morgan fingerprint density at radius 1 is 0.700 bits per heavy atom. The molecule has 0 aliphatic heterocycles. The van der Waals surface area contributed by atoms with E-state index in [0.29, 0.717) is 0 Å². The van der Waals surface area contributed by atoms with Crippen molar-refractivity contribution in [3.63, 3.8) is 0 Å². The van der Waals surface area contributed by atoms with E-state index in [1.54, 1.807) is 19.5 Å². The zero-order valence-electron chi connectivity index (χ0n) is 20.0. The summed E-state index contributed by atoms with van der Waals surface area (Å²) in [6.07, 6.45) is 14.2. The Morgan fingerprint density at radius 2 is 1.20 bits per heavy atom. The van der Waals surface area contributed by atoms with Crippen LogP contribution in [0.25, 0.3) is 11.1 Å². The maximum atomic E-state index is 5.80. The van der Waals surface area contributed by atoms with E-state index in [0.717, 1.165) is 28.4 Å². The van der Waals surface area contributed by atoms with Crippen molar-refractivity contribution in [1.82, 2.24) is 0 Å². The van der Waals surface area contributed by atoms with Crippen molar-refractivity contribution in [1.29, 1.82) is 0 Å². The molecular formula is C26H36KO2P. The van der Waals surface area contributed by atoms with E-state index in [2.05, 4.69) is 36.4 Å². The molecule has 0 unspecified atom stereocenters. The maximum absolute atomic E-state index is 5.80. The van der Waals surface area contributed by atoms with E-state index in [1.807, 2.05) is 6.07 Å². The first-order chi connectivity index (χ1) is 14.3. The van der Waals surface area contributed by atoms with Crippen molar-refractivity contribution in [3.8, 4) is 22.6 Å². The zero-order valence-corrected chi connectivity index (χ0v) is 23.0. The molecule has 4 rings (SSSR count). The van der Waals surface area contributed by atoms with E-state index in [-0.39, 0.29) is 60.7 Å². The summed E-state index contributed by atoms with van der Waals surface area (Å²) in [4.78, 5) is 0. The summed E-state index contributed by atoms with van der Waals surface area (Å²) in [5, 5.41) is 1.59. The Labute approximate surface area is 228 Å². The smallest absolute Gasteiger partial charge is 1.00 e. The number of rotatable bonds is 6. The van der Waals surface area contributed by atoms with Gasteiger partial charge < -0.3 is 10.9 Å². The summed E-state index contributed by atoms with van der Waals surface area (Å²) in [7, 11) is 3.36. The topological polar surface area (TPSA) is 18.5 Å². The van der Waals surface area contributed by atoms with Crippen molar-refractivity contribution in [2.45, 2.75) is 75.5 Å². The quantitative estimate of drug-likeness (QED) is 0.484. The van der Waals surface area contributed by atoms with Gasteiger partial charge in [-0.25, -0.2) is 0 Å². The molecule has 2 nitrogen and oxygen atoms in total. The predicted octanol–water partition coefficient (Wildman–Crippen LogP) is 4.26. The molecule has 0 aromatic heterocycles. The molecule has 0 atom stereocenters. The van der Waals surface area contributed by atoms with Crippen molar-refractivity contribution < 1.29 is 62.3 Å². The molecule has 0 amide bonds. The van der Waals surface area contributed by atoms with Crippen LogP contribution in [0, 0.1) is 0 Å². The van der Waals surface area contributed by atoms with Crippen LogP contribution in [0.4, 0.5) is 0 Å². The molecule has 0 bridgehead atoms. The van der Waals surface area contributed by atoms with Crippen molar-refractivity contribution >= 4 is 13.2 Å². The average Bonchev–Trinajstić information content (AvgIpc) is 2.80. The van der Waals surface area contributed by atoms with Crippen LogP contribution in [0.2, 0.25) is 0 Å². The van der Waals surface area contributed by atoms with Crippen molar-refractivity contribution in [3.05, 3.63) is 42.5 Å². The fourth-order valence-corrected chi connectivity index (χ4v) is 9.39. The van der Waals surface area contributed by atoms with Crippen molar-refractivity contribution in [2.75, 3.05) is 14.2 Å². The molecular weight excluding hydrogens is 414 g/mol. The molecule has 2 saturated carbocycles. The van der Waals surface area contributed by atoms with E-state index in [1.165, 1.54) is 69.8 Å². The minimum absolute atomic E-state index is 0. The van der Waals surface area contributed by atoms with Gasteiger partial charge >= 0.3 is 51.4 Å². The molecule has 2 aliphatic rings. The third kappa shape index (κ3) is 5.53. The Bertz CT molecular complexity index is 763. The van der Waals surface area contributed by atoms with Crippen molar-refractivity contribution in [2.24, 2.45) is 0 Å². The molecule has 2 fully saturated rings. The predicted molar refractivity (Wildman–Crippen MR) is 126 cm³/mol. The van der Waals surface area contributed by atoms with Crippen LogP contribution in [-0.2, 0) is 0 Å². The van der Waals surface area contributed by atoms with Gasteiger partial charge in [-0.15, -0.1) is 0 Å². The molecule has 158 valence electrons. The fourth-order valence-electron chi connectivity index (χ4n) is 5.44. The van der Waals surface area contributed by atoms with Gasteiger partial charge in [-0.1, -0.05) is 76.8 Å². The third-order valence-electron chi connectivity index (χ3n) is 6.82. The van der Waals surface area contributed by atoms with Crippen LogP contribution < -0.4 is 66.2 Å². The Balaban J connectivity index is 0.00000171. The molecule has 2 aromatic carbocycles. The molecule has 0 radical (unpaired) electrons. The second-order valence-corrected chi connectivity index (χ2v) is 11.3. The normalized spacial score (nSPS) is 18.1. The van der Waals surface area contributed by atoms with E-state index < -0.39 is 0 Å². The standard InChI is InChI=1S/C26H35O2P.K.H/c1-27-23-17-11-18-24(28-2)26(23)22-16-9-10-19-25(22)29(20-12-5-3-6-13-20)21-14-7-4-8-15-21;;/h9-11,16-21H,3-8,12-15H2,1-2H3;;/q;+1;-1. The zero-order chi connectivity index (χ0) is 20.1. The Kier molecular flexibility index (Phi) is 10.2. The van der Waals surface area contributed by atoms with Crippen LogP contribution in [-0.4, -0.2) is 25.5 Å². The summed E-state index contributed by atoms with van der Waals surface area (Å²) >= 11 is 0. The number of ether oxygens (including phenoxy) is 2. The van der Waals surface area contributed by atoms with Crippen LogP contribution >= 0.6 is 7.92 Å². The van der Waals surface area contributed by atoms with Crippen LogP contribution in [0.1, 0.15) is 65.6 Å². The minimum Gasteiger partial charge on any atom is -1.00 e. The van der Waals surface area contributed by atoms with Gasteiger partial charge in [0.15, 0.2) is 0 Å². The van der Waals surface area contributed by atoms with Gasteiger partial charge in [-0.3, -0.25) is 0 Å². The molecule has 2 aromatic rings. The summed E-state index contributed by atoms with van der Waals surface area (Å²) < 4.78 is 11.6. The van der Waals surface area contributed by atoms with Gasteiger partial charge in [0.05, 0.1) is 19.8 Å². The second kappa shape index (κ2) is 12.4. The fraction of sp³-hybridized carbons (Fsp3) is 0.538. The molecule has 2 aliphatic carbocycles. The largest absolute Gasteiger partial charge is 1.00 e. The van der Waals surface area contributed by atoms with Gasteiger partial charge in [0.2, 0.25) is 0 Å². The van der Waals surface area contributed by atoms with Gasteiger partial charge in [0.1, 0.15) is 11.5 Å². The molecule has 0 saturated heterocycles. The second-order valence-electron chi connectivity index (χ2n) is 8.55. The first-order valence-electron chi connectivity index (χ1n) is 11.4. The van der Waals surface area contributed by atoms with Crippen LogP contribution in [0.15, 0.2) is 42.5 Å². The molecule has 30 heavy (non-hydrogen) atoms. The SMILES string of the molecule is COc1cccc(OC)c1-c1ccccc1P(C1CCCCC1)C1CCCCC1.[H-].[K+]. The van der Waals surface area contributed by atoms with E-state index in [9.17, 15) is 0 Å². The number of hydrogen-bond donors (Lipinski definition) is 0. The van der Waals surface area contributed by atoms with Crippen LogP contribution in [0.3, 0.4) is 0 Å². The summed E-state index contributed by atoms with van der Waals surface area (Å²) in [6.45, 7) is 0. The summed E-state index contributed by atoms with van der Waals surface area (Å²) in [6, 6.07) is 15.3. The molecule has 0 heterocycles. The average molecular weight is 451 g/mol. The first kappa shape index (κ1) is 24.7. The number of benzene rings is 2. The van der Waals surface area contributed by atoms with Gasteiger partial charge in [0, 0.05) is 0 Å². The Morgan fingerprint density at radius 3 is 1.70 bits per heavy atom. The van der Waals surface area contributed by atoms with E-state index >= 15 is 0 Å². The first-order valence-corrected chi connectivity index (χ1v) is 12.9. The van der Waals surface area contributed by atoms with Gasteiger partial charge in [-0.05, 0) is 60.0 Å². The number of methoxy groups -OCH3 is 2.